The predicted molar refractivity (Wildman–Crippen MR) is 77.7 cm³/mol. The molecule has 92 valence electrons. The number of carbonyl (C=O) groups excluding carboxylic acids is 1. The first-order chi connectivity index (χ1) is 8.00. The molecule has 0 aromatic heterocycles. The smallest absolute Gasteiger partial charge is 0.185 e. The lowest BCUT2D eigenvalue weighted by molar-refractivity contribution is -0.109. The molecule has 0 aliphatic heterocycles. The average molecular weight is 269 g/mol. The van der Waals surface area contributed by atoms with Crippen molar-refractivity contribution in [3.63, 3.8) is 0 Å². The number of halogens is 1. The number of rotatable bonds is 4. The van der Waals surface area contributed by atoms with E-state index in [0.29, 0.717) is 0 Å². The molecule has 0 atom stereocenters. The number of allylic oxidation sites excluding steroid dienone is 1. The van der Waals surface area contributed by atoms with Gasteiger partial charge in [0, 0.05) is 17.7 Å². The van der Waals surface area contributed by atoms with Gasteiger partial charge in [-0.1, -0.05) is 35.5 Å². The van der Waals surface area contributed by atoms with Gasteiger partial charge < -0.3 is 0 Å². The lowest BCUT2D eigenvalue weighted by atomic mass is 10.0. The summed E-state index contributed by atoms with van der Waals surface area (Å²) in [6, 6.07) is 3.94. The van der Waals surface area contributed by atoms with Crippen LogP contribution in [0.3, 0.4) is 0 Å². The zero-order valence-electron chi connectivity index (χ0n) is 10.4. The summed E-state index contributed by atoms with van der Waals surface area (Å²) in [7, 11) is 0. The Morgan fingerprint density at radius 1 is 1.35 bits per heavy atom. The summed E-state index contributed by atoms with van der Waals surface area (Å²) in [5.74, 6) is 0.845. The van der Waals surface area contributed by atoms with E-state index in [4.69, 9.17) is 11.6 Å². The van der Waals surface area contributed by atoms with E-state index in [1.54, 1.807) is 6.92 Å². The molecule has 1 nitrogen and oxygen atoms in total. The summed E-state index contributed by atoms with van der Waals surface area (Å²) < 4.78 is 0. The van der Waals surface area contributed by atoms with Crippen molar-refractivity contribution in [2.45, 2.75) is 27.2 Å². The van der Waals surface area contributed by atoms with Gasteiger partial charge in [0.25, 0.3) is 0 Å². The lowest BCUT2D eigenvalue weighted by Crippen LogP contribution is -1.87. The van der Waals surface area contributed by atoms with Crippen molar-refractivity contribution >= 4 is 34.6 Å². The van der Waals surface area contributed by atoms with E-state index in [-0.39, 0.29) is 5.12 Å². The standard InChI is InChI=1S/C14H17ClOS/c1-10-8-13(15)9-11(2)14(10)6-4-5-7-17-12(3)16/h4,6,8-9H,5,7H2,1-3H3. The third-order valence-corrected chi connectivity index (χ3v) is 3.50. The van der Waals surface area contributed by atoms with Crippen LogP contribution < -0.4 is 0 Å². The van der Waals surface area contributed by atoms with Crippen LogP contribution in [-0.2, 0) is 4.79 Å². The van der Waals surface area contributed by atoms with Crippen molar-refractivity contribution in [2.24, 2.45) is 0 Å². The molecule has 0 bridgehead atoms. The molecule has 0 unspecified atom stereocenters. The Kier molecular flexibility index (Phi) is 5.79. The van der Waals surface area contributed by atoms with Gasteiger partial charge in [-0.25, -0.2) is 0 Å². The molecular formula is C14H17ClOS. The molecule has 0 saturated heterocycles. The number of thioether (sulfide) groups is 1. The molecule has 1 aromatic rings. The third-order valence-electron chi connectivity index (χ3n) is 2.43. The monoisotopic (exact) mass is 268 g/mol. The van der Waals surface area contributed by atoms with Crippen LogP contribution in [0.25, 0.3) is 6.08 Å². The van der Waals surface area contributed by atoms with E-state index in [1.165, 1.54) is 28.5 Å². The molecule has 0 saturated carbocycles. The molecule has 0 radical (unpaired) electrons. The molecule has 0 spiro atoms. The topological polar surface area (TPSA) is 17.1 Å². The second kappa shape index (κ2) is 6.87. The van der Waals surface area contributed by atoms with E-state index >= 15 is 0 Å². The maximum atomic E-state index is 10.7. The molecule has 0 fully saturated rings. The Hall–Kier alpha value is -0.730. The second-order valence-corrected chi connectivity index (χ2v) is 5.69. The zero-order chi connectivity index (χ0) is 12.8. The largest absolute Gasteiger partial charge is 0.288 e. The van der Waals surface area contributed by atoms with Gasteiger partial charge in [-0.15, -0.1) is 0 Å². The van der Waals surface area contributed by atoms with Crippen molar-refractivity contribution in [1.82, 2.24) is 0 Å². The quantitative estimate of drug-likeness (QED) is 0.740. The second-order valence-electron chi connectivity index (χ2n) is 3.98. The summed E-state index contributed by atoms with van der Waals surface area (Å²) in [6.07, 6.45) is 5.13. The normalized spacial score (nSPS) is 11.1. The minimum Gasteiger partial charge on any atom is -0.288 e. The summed E-state index contributed by atoms with van der Waals surface area (Å²) >= 11 is 7.34. The first-order valence-corrected chi connectivity index (χ1v) is 6.93. The van der Waals surface area contributed by atoms with Crippen LogP contribution >= 0.6 is 23.4 Å². The highest BCUT2D eigenvalue weighted by Gasteiger charge is 2.00. The molecule has 0 aliphatic carbocycles. The highest BCUT2D eigenvalue weighted by atomic mass is 35.5. The van der Waals surface area contributed by atoms with Gasteiger partial charge in [-0.2, -0.15) is 0 Å². The predicted octanol–water partition coefficient (Wildman–Crippen LogP) is 4.64. The summed E-state index contributed by atoms with van der Waals surface area (Å²) in [4.78, 5) is 10.7. The maximum absolute atomic E-state index is 10.7. The lowest BCUT2D eigenvalue weighted by Gasteiger charge is -2.05. The summed E-state index contributed by atoms with van der Waals surface area (Å²) in [5.41, 5.74) is 3.60. The fraction of sp³-hybridized carbons (Fsp3) is 0.357. The van der Waals surface area contributed by atoms with E-state index < -0.39 is 0 Å². The zero-order valence-corrected chi connectivity index (χ0v) is 12.0. The average Bonchev–Trinajstić information content (AvgIpc) is 2.20. The fourth-order valence-electron chi connectivity index (χ4n) is 1.66. The van der Waals surface area contributed by atoms with Gasteiger partial charge in [0.2, 0.25) is 0 Å². The molecule has 3 heteroatoms. The summed E-state index contributed by atoms with van der Waals surface area (Å²) in [5, 5.41) is 0.960. The Morgan fingerprint density at radius 2 is 1.94 bits per heavy atom. The molecule has 17 heavy (non-hydrogen) atoms. The minimum atomic E-state index is 0.178. The van der Waals surface area contributed by atoms with E-state index in [2.05, 4.69) is 26.0 Å². The van der Waals surface area contributed by atoms with Crippen molar-refractivity contribution in [3.05, 3.63) is 39.9 Å². The van der Waals surface area contributed by atoms with Crippen LogP contribution in [0.4, 0.5) is 0 Å². The van der Waals surface area contributed by atoms with Gasteiger partial charge in [-0.05, 0) is 49.1 Å². The van der Waals surface area contributed by atoms with Crippen LogP contribution in [0.2, 0.25) is 5.02 Å². The first-order valence-electron chi connectivity index (χ1n) is 5.57. The van der Waals surface area contributed by atoms with Crippen molar-refractivity contribution in [3.8, 4) is 0 Å². The van der Waals surface area contributed by atoms with Gasteiger partial charge in [0.15, 0.2) is 5.12 Å². The van der Waals surface area contributed by atoms with Gasteiger partial charge in [0.05, 0.1) is 0 Å². The van der Waals surface area contributed by atoms with E-state index in [0.717, 1.165) is 17.2 Å². The van der Waals surface area contributed by atoms with Crippen LogP contribution in [0.1, 0.15) is 30.0 Å². The number of benzene rings is 1. The Bertz CT molecular complexity index is 415. The van der Waals surface area contributed by atoms with E-state index in [1.807, 2.05) is 12.1 Å². The molecular weight excluding hydrogens is 252 g/mol. The van der Waals surface area contributed by atoms with Gasteiger partial charge in [-0.3, -0.25) is 4.79 Å². The van der Waals surface area contributed by atoms with Gasteiger partial charge >= 0.3 is 0 Å². The van der Waals surface area contributed by atoms with Crippen LogP contribution in [-0.4, -0.2) is 10.9 Å². The number of hydrogen-bond acceptors (Lipinski definition) is 2. The van der Waals surface area contributed by atoms with Crippen LogP contribution in [0, 0.1) is 13.8 Å². The SMILES string of the molecule is CC(=O)SCCC=Cc1c(C)cc(Cl)cc1C. The van der Waals surface area contributed by atoms with Crippen molar-refractivity contribution in [2.75, 3.05) is 5.75 Å². The summed E-state index contributed by atoms with van der Waals surface area (Å²) in [6.45, 7) is 5.72. The highest BCUT2D eigenvalue weighted by molar-refractivity contribution is 8.13. The maximum Gasteiger partial charge on any atom is 0.185 e. The molecule has 1 rings (SSSR count). The molecule has 0 aliphatic rings. The minimum absolute atomic E-state index is 0.178. The molecule has 1 aromatic carbocycles. The first kappa shape index (κ1) is 14.3. The Labute approximate surface area is 112 Å². The number of carbonyl (C=O) groups is 1. The van der Waals surface area contributed by atoms with Crippen molar-refractivity contribution in [1.29, 1.82) is 0 Å². The Balaban J connectivity index is 2.62. The number of aryl methyl sites for hydroxylation is 2. The van der Waals surface area contributed by atoms with E-state index in [9.17, 15) is 4.79 Å². The molecule has 0 heterocycles. The van der Waals surface area contributed by atoms with Gasteiger partial charge in [0.1, 0.15) is 0 Å². The fourth-order valence-corrected chi connectivity index (χ4v) is 2.53. The van der Waals surface area contributed by atoms with Crippen LogP contribution in [0.5, 0.6) is 0 Å². The highest BCUT2D eigenvalue weighted by Crippen LogP contribution is 2.21. The van der Waals surface area contributed by atoms with Crippen LogP contribution in [0.15, 0.2) is 18.2 Å². The number of hydrogen-bond donors (Lipinski definition) is 0. The third kappa shape index (κ3) is 4.97. The molecule has 0 N–H and O–H groups in total. The van der Waals surface area contributed by atoms with Crippen molar-refractivity contribution < 1.29 is 4.79 Å². The molecule has 0 amide bonds. The Morgan fingerprint density at radius 3 is 2.47 bits per heavy atom.